The van der Waals surface area contributed by atoms with Crippen LogP contribution in [-0.2, 0) is 4.74 Å². The van der Waals surface area contributed by atoms with E-state index in [1.165, 1.54) is 11.3 Å². The van der Waals surface area contributed by atoms with Crippen LogP contribution < -0.4 is 5.32 Å². The van der Waals surface area contributed by atoms with Crippen molar-refractivity contribution in [1.82, 2.24) is 5.32 Å². The average Bonchev–Trinajstić information content (AvgIpc) is 2.88. The molecule has 126 valence electrons. The molecule has 1 aromatic carbocycles. The number of thiophene rings is 1. The third kappa shape index (κ3) is 4.92. The summed E-state index contributed by atoms with van der Waals surface area (Å²) in [5, 5.41) is 25.9. The minimum Gasteiger partial charge on any atom is -0.444 e. The van der Waals surface area contributed by atoms with Crippen LogP contribution >= 0.6 is 11.3 Å². The molecule has 0 spiro atoms. The van der Waals surface area contributed by atoms with Crippen LogP contribution in [0.25, 0.3) is 10.1 Å². The maximum Gasteiger partial charge on any atom is 0.407 e. The average molecular weight is 337 g/mol. The summed E-state index contributed by atoms with van der Waals surface area (Å²) < 4.78 is 6.19. The molecule has 3 N–H and O–H groups in total. The van der Waals surface area contributed by atoms with Gasteiger partial charge >= 0.3 is 6.09 Å². The maximum atomic E-state index is 11.5. The van der Waals surface area contributed by atoms with Crippen LogP contribution in [0.4, 0.5) is 4.79 Å². The van der Waals surface area contributed by atoms with Gasteiger partial charge in [0.2, 0.25) is 0 Å². The number of ether oxygens (including phenoxy) is 1. The summed E-state index contributed by atoms with van der Waals surface area (Å²) >= 11 is 1.53. The molecule has 0 bridgehead atoms. The summed E-state index contributed by atoms with van der Waals surface area (Å²) in [5.74, 6) is 0. The smallest absolute Gasteiger partial charge is 0.407 e. The highest BCUT2D eigenvalue weighted by Gasteiger charge is 2.22. The highest BCUT2D eigenvalue weighted by molar-refractivity contribution is 7.17. The Morgan fingerprint density at radius 2 is 2.00 bits per heavy atom. The van der Waals surface area contributed by atoms with E-state index in [4.69, 9.17) is 4.74 Å². The summed E-state index contributed by atoms with van der Waals surface area (Å²) in [6.45, 7) is 5.59. The van der Waals surface area contributed by atoms with E-state index in [0.29, 0.717) is 0 Å². The zero-order valence-corrected chi connectivity index (χ0v) is 14.4. The van der Waals surface area contributed by atoms with Gasteiger partial charge in [-0.3, -0.25) is 0 Å². The monoisotopic (exact) mass is 337 g/mol. The van der Waals surface area contributed by atoms with E-state index in [0.717, 1.165) is 15.6 Å². The topological polar surface area (TPSA) is 78.8 Å². The fourth-order valence-electron chi connectivity index (χ4n) is 2.23. The van der Waals surface area contributed by atoms with Crippen molar-refractivity contribution in [2.24, 2.45) is 0 Å². The van der Waals surface area contributed by atoms with Gasteiger partial charge in [0.25, 0.3) is 0 Å². The second kappa shape index (κ2) is 7.29. The number of fused-ring (bicyclic) bond motifs is 1. The summed E-state index contributed by atoms with van der Waals surface area (Å²) in [4.78, 5) is 11.5. The van der Waals surface area contributed by atoms with Crippen molar-refractivity contribution < 1.29 is 19.7 Å². The molecule has 0 fully saturated rings. The van der Waals surface area contributed by atoms with E-state index in [2.05, 4.69) is 5.32 Å². The minimum absolute atomic E-state index is 0.231. The highest BCUT2D eigenvalue weighted by atomic mass is 32.1. The molecule has 23 heavy (non-hydrogen) atoms. The van der Waals surface area contributed by atoms with Gasteiger partial charge in [0.1, 0.15) is 11.7 Å². The molecule has 2 rings (SSSR count). The van der Waals surface area contributed by atoms with Crippen molar-refractivity contribution >= 4 is 27.5 Å². The van der Waals surface area contributed by atoms with Gasteiger partial charge in [0.15, 0.2) is 0 Å². The molecule has 1 aromatic heterocycles. The number of nitrogens with one attached hydrogen (secondary N) is 1. The molecule has 1 heterocycles. The molecule has 0 saturated carbocycles. The number of carbonyl (C=O) groups excluding carboxylic acids is 1. The summed E-state index contributed by atoms with van der Waals surface area (Å²) in [5.41, 5.74) is 0.160. The van der Waals surface area contributed by atoms with Crippen LogP contribution in [0.3, 0.4) is 0 Å². The Morgan fingerprint density at radius 3 is 2.70 bits per heavy atom. The van der Waals surface area contributed by atoms with Gasteiger partial charge in [-0.1, -0.05) is 18.2 Å². The third-order valence-electron chi connectivity index (χ3n) is 3.30. The van der Waals surface area contributed by atoms with Crippen molar-refractivity contribution in [1.29, 1.82) is 0 Å². The van der Waals surface area contributed by atoms with Gasteiger partial charge in [0.05, 0.1) is 6.10 Å². The number of aliphatic hydroxyl groups excluding tert-OH is 2. The van der Waals surface area contributed by atoms with E-state index in [-0.39, 0.29) is 13.0 Å². The predicted molar refractivity (Wildman–Crippen MR) is 91.6 cm³/mol. The van der Waals surface area contributed by atoms with Crippen LogP contribution in [-0.4, -0.2) is 34.6 Å². The van der Waals surface area contributed by atoms with E-state index in [1.54, 1.807) is 20.8 Å². The first-order valence-electron chi connectivity index (χ1n) is 7.57. The molecular weight excluding hydrogens is 314 g/mol. The fourth-order valence-corrected chi connectivity index (χ4v) is 3.22. The summed E-state index contributed by atoms with van der Waals surface area (Å²) in [6, 6.07) is 7.75. The summed E-state index contributed by atoms with van der Waals surface area (Å²) in [7, 11) is 0. The predicted octanol–water partition coefficient (Wildman–Crippen LogP) is 3.21. The minimum atomic E-state index is -0.980. The molecule has 6 heteroatoms. The van der Waals surface area contributed by atoms with Gasteiger partial charge in [0, 0.05) is 16.8 Å². The molecule has 0 aliphatic carbocycles. The van der Waals surface area contributed by atoms with Gasteiger partial charge in [-0.15, -0.1) is 11.3 Å². The standard InChI is InChI=1S/C17H23NO4S/c1-17(2,3)22-16(21)18-9-8-13(19)15(20)12-10-23-14-7-5-4-6-11(12)14/h4-7,10,13,15,19-20H,8-9H2,1-3H3,(H,18,21). The molecule has 0 radical (unpaired) electrons. The van der Waals surface area contributed by atoms with Crippen LogP contribution in [0.15, 0.2) is 29.6 Å². The highest BCUT2D eigenvalue weighted by Crippen LogP contribution is 2.32. The van der Waals surface area contributed by atoms with Crippen LogP contribution in [0.1, 0.15) is 38.9 Å². The Balaban J connectivity index is 1.88. The largest absolute Gasteiger partial charge is 0.444 e. The van der Waals surface area contributed by atoms with Crippen LogP contribution in [0, 0.1) is 0 Å². The van der Waals surface area contributed by atoms with Crippen LogP contribution in [0.2, 0.25) is 0 Å². The maximum absolute atomic E-state index is 11.5. The number of aliphatic hydroxyl groups is 2. The van der Waals surface area contributed by atoms with Gasteiger partial charge in [-0.25, -0.2) is 4.79 Å². The number of carbonyl (C=O) groups is 1. The second-order valence-electron chi connectivity index (χ2n) is 6.42. The second-order valence-corrected chi connectivity index (χ2v) is 7.33. The molecule has 5 nitrogen and oxygen atoms in total. The van der Waals surface area contributed by atoms with Crippen LogP contribution in [0.5, 0.6) is 0 Å². The number of hydrogen-bond acceptors (Lipinski definition) is 5. The fraction of sp³-hybridized carbons (Fsp3) is 0.471. The van der Waals surface area contributed by atoms with Crippen molar-refractivity contribution in [2.75, 3.05) is 6.54 Å². The summed E-state index contributed by atoms with van der Waals surface area (Å²) in [6.07, 6.45) is -2.22. The molecular formula is C17H23NO4S. The lowest BCUT2D eigenvalue weighted by Crippen LogP contribution is -2.34. The first-order valence-corrected chi connectivity index (χ1v) is 8.45. The van der Waals surface area contributed by atoms with Gasteiger partial charge in [-0.05, 0) is 44.0 Å². The lowest BCUT2D eigenvalue weighted by molar-refractivity contribution is 0.0133. The van der Waals surface area contributed by atoms with E-state index in [1.807, 2.05) is 29.6 Å². The number of alkyl carbamates (subject to hydrolysis) is 1. The van der Waals surface area contributed by atoms with Crippen molar-refractivity contribution in [3.05, 3.63) is 35.2 Å². The van der Waals surface area contributed by atoms with Crippen molar-refractivity contribution in [3.63, 3.8) is 0 Å². The quantitative estimate of drug-likeness (QED) is 0.783. The SMILES string of the molecule is CC(C)(C)OC(=O)NCCC(O)C(O)c1csc2ccccc12. The molecule has 2 atom stereocenters. The molecule has 2 unspecified atom stereocenters. The Bertz CT molecular complexity index is 662. The molecule has 1 amide bonds. The normalized spacial score (nSPS) is 14.5. The number of amides is 1. The van der Waals surface area contributed by atoms with E-state index < -0.39 is 23.9 Å². The lowest BCUT2D eigenvalue weighted by atomic mass is 10.0. The van der Waals surface area contributed by atoms with E-state index in [9.17, 15) is 15.0 Å². The first kappa shape index (κ1) is 17.7. The number of rotatable bonds is 5. The Kier molecular flexibility index (Phi) is 5.62. The Morgan fingerprint density at radius 1 is 1.30 bits per heavy atom. The Labute approximate surface area is 139 Å². The Hall–Kier alpha value is -1.63. The van der Waals surface area contributed by atoms with Gasteiger partial charge < -0.3 is 20.3 Å². The van der Waals surface area contributed by atoms with E-state index >= 15 is 0 Å². The molecule has 0 saturated heterocycles. The lowest BCUT2D eigenvalue weighted by Gasteiger charge is -2.21. The number of hydrogen-bond donors (Lipinski definition) is 3. The zero-order chi connectivity index (χ0) is 17.0. The number of benzene rings is 1. The van der Waals surface area contributed by atoms with Gasteiger partial charge in [-0.2, -0.15) is 0 Å². The first-order chi connectivity index (χ1) is 10.8. The van der Waals surface area contributed by atoms with Crippen molar-refractivity contribution in [2.45, 2.75) is 45.0 Å². The molecule has 0 aliphatic heterocycles. The molecule has 0 aliphatic rings. The third-order valence-corrected chi connectivity index (χ3v) is 4.28. The zero-order valence-electron chi connectivity index (χ0n) is 13.6. The van der Waals surface area contributed by atoms with Crippen molar-refractivity contribution in [3.8, 4) is 0 Å². The molecule has 2 aromatic rings.